The van der Waals surface area contributed by atoms with E-state index in [1.54, 1.807) is 6.07 Å². The smallest absolute Gasteiger partial charge is 0.229 e. The van der Waals surface area contributed by atoms with Crippen LogP contribution in [0.1, 0.15) is 23.2 Å². The molecule has 112 valence electrons. The maximum absolute atomic E-state index is 14.0. The maximum atomic E-state index is 14.0. The second-order valence-electron chi connectivity index (χ2n) is 5.28. The highest BCUT2D eigenvalue weighted by atomic mass is 32.1. The number of benzene rings is 1. The van der Waals surface area contributed by atoms with Crippen LogP contribution in [0.5, 0.6) is 0 Å². The molecule has 22 heavy (non-hydrogen) atoms. The SMILES string of the molecule is O=C(Cc1cc2ncoc2cc1F)Nc1snc2c1CCC2. The minimum Gasteiger partial charge on any atom is -0.443 e. The van der Waals surface area contributed by atoms with Gasteiger partial charge in [-0.2, -0.15) is 4.37 Å². The molecule has 1 aromatic carbocycles. The number of fused-ring (bicyclic) bond motifs is 2. The highest BCUT2D eigenvalue weighted by Crippen LogP contribution is 2.32. The lowest BCUT2D eigenvalue weighted by Gasteiger charge is -2.05. The van der Waals surface area contributed by atoms with E-state index in [4.69, 9.17) is 4.42 Å². The average Bonchev–Trinajstić information content (AvgIpc) is 3.17. The predicted molar refractivity (Wildman–Crippen MR) is 80.4 cm³/mol. The van der Waals surface area contributed by atoms with Gasteiger partial charge in [-0.3, -0.25) is 4.79 Å². The molecule has 1 aliphatic rings. The Labute approximate surface area is 129 Å². The lowest BCUT2D eigenvalue weighted by Crippen LogP contribution is -2.15. The Morgan fingerprint density at radius 2 is 2.32 bits per heavy atom. The summed E-state index contributed by atoms with van der Waals surface area (Å²) in [7, 11) is 0. The molecule has 0 bridgehead atoms. The van der Waals surface area contributed by atoms with Crippen LogP contribution in [0.25, 0.3) is 11.1 Å². The molecule has 0 unspecified atom stereocenters. The van der Waals surface area contributed by atoms with E-state index >= 15 is 0 Å². The summed E-state index contributed by atoms with van der Waals surface area (Å²) in [5.41, 5.74) is 3.44. The van der Waals surface area contributed by atoms with Crippen molar-refractivity contribution in [1.29, 1.82) is 0 Å². The van der Waals surface area contributed by atoms with Crippen LogP contribution in [-0.4, -0.2) is 15.3 Å². The fraction of sp³-hybridized carbons (Fsp3) is 0.267. The molecule has 0 saturated heterocycles. The zero-order valence-corrected chi connectivity index (χ0v) is 12.4. The van der Waals surface area contributed by atoms with Gasteiger partial charge in [-0.15, -0.1) is 0 Å². The number of halogens is 1. The fourth-order valence-electron chi connectivity index (χ4n) is 2.73. The number of carbonyl (C=O) groups is 1. The van der Waals surface area contributed by atoms with Crippen molar-refractivity contribution >= 4 is 33.5 Å². The molecule has 0 radical (unpaired) electrons. The molecule has 1 aliphatic carbocycles. The van der Waals surface area contributed by atoms with Crippen LogP contribution >= 0.6 is 11.5 Å². The van der Waals surface area contributed by atoms with E-state index in [0.29, 0.717) is 16.7 Å². The lowest BCUT2D eigenvalue weighted by molar-refractivity contribution is -0.115. The first-order valence-corrected chi connectivity index (χ1v) is 7.77. The normalized spacial score (nSPS) is 13.5. The van der Waals surface area contributed by atoms with Crippen molar-refractivity contribution in [2.45, 2.75) is 25.7 Å². The minimum absolute atomic E-state index is 0.0404. The molecule has 0 saturated carbocycles. The second kappa shape index (κ2) is 5.17. The van der Waals surface area contributed by atoms with Crippen molar-refractivity contribution in [3.8, 4) is 0 Å². The summed E-state index contributed by atoms with van der Waals surface area (Å²) in [6, 6.07) is 2.81. The number of hydrogen-bond donors (Lipinski definition) is 1. The lowest BCUT2D eigenvalue weighted by atomic mass is 10.1. The first-order chi connectivity index (χ1) is 10.7. The van der Waals surface area contributed by atoms with Crippen LogP contribution in [0.4, 0.5) is 9.39 Å². The molecule has 0 fully saturated rings. The van der Waals surface area contributed by atoms with E-state index in [1.165, 1.54) is 24.0 Å². The standard InChI is InChI=1S/C15H12FN3O2S/c16-10-6-13-12(17-7-21-13)4-8(10)5-14(20)18-15-9-2-1-3-11(9)19-22-15/h4,6-7H,1-3,5H2,(H,18,20). The molecule has 2 heterocycles. The van der Waals surface area contributed by atoms with Gasteiger partial charge in [0.25, 0.3) is 0 Å². The Hall–Kier alpha value is -2.28. The number of hydrogen-bond acceptors (Lipinski definition) is 5. The molecule has 4 rings (SSSR count). The largest absolute Gasteiger partial charge is 0.443 e. The fourth-order valence-corrected chi connectivity index (χ4v) is 3.62. The predicted octanol–water partition coefficient (Wildman–Crippen LogP) is 3.09. The summed E-state index contributed by atoms with van der Waals surface area (Å²) in [6.45, 7) is 0. The number of nitrogens with zero attached hydrogens (tertiary/aromatic N) is 2. The van der Waals surface area contributed by atoms with Crippen molar-refractivity contribution in [3.63, 3.8) is 0 Å². The van der Waals surface area contributed by atoms with E-state index in [9.17, 15) is 9.18 Å². The highest BCUT2D eigenvalue weighted by Gasteiger charge is 2.20. The highest BCUT2D eigenvalue weighted by molar-refractivity contribution is 7.10. The number of nitrogens with one attached hydrogen (secondary N) is 1. The van der Waals surface area contributed by atoms with Gasteiger partial charge < -0.3 is 9.73 Å². The van der Waals surface area contributed by atoms with Crippen molar-refractivity contribution in [2.24, 2.45) is 0 Å². The van der Waals surface area contributed by atoms with Crippen LogP contribution in [0, 0.1) is 5.82 Å². The zero-order chi connectivity index (χ0) is 15.1. The van der Waals surface area contributed by atoms with Crippen LogP contribution in [0.2, 0.25) is 0 Å². The van der Waals surface area contributed by atoms with Gasteiger partial charge in [-0.1, -0.05) is 0 Å². The molecule has 0 spiro atoms. The molecule has 5 nitrogen and oxygen atoms in total. The molecular weight excluding hydrogens is 305 g/mol. The Morgan fingerprint density at radius 1 is 1.41 bits per heavy atom. The van der Waals surface area contributed by atoms with Crippen molar-refractivity contribution in [2.75, 3.05) is 5.32 Å². The minimum atomic E-state index is -0.464. The summed E-state index contributed by atoms with van der Waals surface area (Å²) in [6.07, 6.45) is 4.21. The van der Waals surface area contributed by atoms with Crippen LogP contribution < -0.4 is 5.32 Å². The molecule has 1 amide bonds. The van der Waals surface area contributed by atoms with Crippen molar-refractivity contribution in [3.05, 3.63) is 41.2 Å². The monoisotopic (exact) mass is 317 g/mol. The van der Waals surface area contributed by atoms with Crippen LogP contribution in [0.3, 0.4) is 0 Å². The van der Waals surface area contributed by atoms with Crippen molar-refractivity contribution in [1.82, 2.24) is 9.36 Å². The van der Waals surface area contributed by atoms with Gasteiger partial charge in [0.1, 0.15) is 16.3 Å². The Kier molecular flexibility index (Phi) is 3.15. The van der Waals surface area contributed by atoms with Crippen LogP contribution in [-0.2, 0) is 24.1 Å². The second-order valence-corrected chi connectivity index (χ2v) is 6.05. The third-order valence-corrected chi connectivity index (χ3v) is 4.66. The van der Waals surface area contributed by atoms with Gasteiger partial charge in [0.2, 0.25) is 5.91 Å². The average molecular weight is 317 g/mol. The molecular formula is C15H12FN3O2S. The number of aryl methyl sites for hydroxylation is 1. The number of carbonyl (C=O) groups excluding carboxylic acids is 1. The van der Waals surface area contributed by atoms with Gasteiger partial charge in [-0.05, 0) is 42.4 Å². The number of aromatic nitrogens is 2. The molecule has 2 aromatic heterocycles. The van der Waals surface area contributed by atoms with Gasteiger partial charge in [-0.25, -0.2) is 9.37 Å². The quantitative estimate of drug-likeness (QED) is 0.806. The Balaban J connectivity index is 1.54. The Morgan fingerprint density at radius 3 is 3.23 bits per heavy atom. The summed E-state index contributed by atoms with van der Waals surface area (Å²) in [5.74, 6) is -0.714. The first-order valence-electron chi connectivity index (χ1n) is 6.99. The number of oxazole rings is 1. The van der Waals surface area contributed by atoms with Crippen LogP contribution in [0.15, 0.2) is 22.9 Å². The Bertz CT molecular complexity index is 871. The first kappa shape index (κ1) is 13.4. The molecule has 3 aromatic rings. The van der Waals surface area contributed by atoms with E-state index in [2.05, 4.69) is 14.7 Å². The van der Waals surface area contributed by atoms with Gasteiger partial charge in [0.15, 0.2) is 12.0 Å². The number of rotatable bonds is 3. The summed E-state index contributed by atoms with van der Waals surface area (Å²) >= 11 is 1.30. The summed E-state index contributed by atoms with van der Waals surface area (Å²) < 4.78 is 23.4. The third-order valence-electron chi connectivity index (χ3n) is 3.81. The van der Waals surface area contributed by atoms with E-state index in [0.717, 1.165) is 35.5 Å². The van der Waals surface area contributed by atoms with Crippen molar-refractivity contribution < 1.29 is 13.6 Å². The number of amides is 1. The summed E-state index contributed by atoms with van der Waals surface area (Å²) in [5, 5.41) is 3.64. The van der Waals surface area contributed by atoms with E-state index < -0.39 is 5.82 Å². The maximum Gasteiger partial charge on any atom is 0.229 e. The molecule has 0 atom stereocenters. The molecule has 7 heteroatoms. The topological polar surface area (TPSA) is 68.0 Å². The zero-order valence-electron chi connectivity index (χ0n) is 11.6. The summed E-state index contributed by atoms with van der Waals surface area (Å²) in [4.78, 5) is 16.1. The molecule has 0 aliphatic heterocycles. The van der Waals surface area contributed by atoms with E-state index in [1.807, 2.05) is 0 Å². The van der Waals surface area contributed by atoms with E-state index in [-0.39, 0.29) is 12.3 Å². The third kappa shape index (κ3) is 2.27. The molecule has 1 N–H and O–H groups in total. The van der Waals surface area contributed by atoms with Gasteiger partial charge in [0, 0.05) is 11.6 Å². The number of anilines is 1. The van der Waals surface area contributed by atoms with Gasteiger partial charge in [0.05, 0.1) is 12.1 Å². The van der Waals surface area contributed by atoms with Gasteiger partial charge >= 0.3 is 0 Å².